The average Bonchev–Trinajstić information content (AvgIpc) is 2.85. The van der Waals surface area contributed by atoms with E-state index < -0.39 is 4.92 Å². The zero-order valence-corrected chi connectivity index (χ0v) is 12.3. The van der Waals surface area contributed by atoms with Gasteiger partial charge >= 0.3 is 0 Å². The molecule has 3 aromatic rings. The van der Waals surface area contributed by atoms with Gasteiger partial charge < -0.3 is 4.57 Å². The molecule has 0 bridgehead atoms. The molecule has 0 radical (unpaired) electrons. The van der Waals surface area contributed by atoms with Gasteiger partial charge in [-0.05, 0) is 29.8 Å². The largest absolute Gasteiger partial charge is 0.343 e. The molecule has 21 heavy (non-hydrogen) atoms. The third-order valence-corrected chi connectivity index (χ3v) is 4.04. The molecule has 0 atom stereocenters. The molecule has 0 aliphatic rings. The van der Waals surface area contributed by atoms with Gasteiger partial charge in [-0.3, -0.25) is 10.1 Å². The summed E-state index contributed by atoms with van der Waals surface area (Å²) in [6.45, 7) is 0.623. The molecule has 0 saturated carbocycles. The zero-order valence-electron chi connectivity index (χ0n) is 10.8. The molecule has 0 unspecified atom stereocenters. The SMILES string of the molecule is O=[N+]([O-])c1ccc2c(ccn2Cc2ccc(Cl)c(Cl)c2)c1. The van der Waals surface area contributed by atoms with Crippen LogP contribution >= 0.6 is 23.2 Å². The second kappa shape index (κ2) is 5.39. The Bertz CT molecular complexity index is 843. The van der Waals surface area contributed by atoms with E-state index in [2.05, 4.69) is 0 Å². The Morgan fingerprint density at radius 2 is 1.86 bits per heavy atom. The van der Waals surface area contributed by atoms with Crippen molar-refractivity contribution in [3.05, 3.63) is 74.4 Å². The topological polar surface area (TPSA) is 48.1 Å². The Morgan fingerprint density at radius 1 is 1.05 bits per heavy atom. The Labute approximate surface area is 130 Å². The summed E-state index contributed by atoms with van der Waals surface area (Å²) in [7, 11) is 0. The van der Waals surface area contributed by atoms with E-state index in [9.17, 15) is 10.1 Å². The number of nitro groups is 1. The molecule has 0 fully saturated rings. The second-order valence-electron chi connectivity index (χ2n) is 4.69. The molecule has 106 valence electrons. The average molecular weight is 321 g/mol. The van der Waals surface area contributed by atoms with Crippen LogP contribution in [0.15, 0.2) is 48.7 Å². The number of non-ortho nitro benzene ring substituents is 1. The minimum Gasteiger partial charge on any atom is -0.343 e. The minimum atomic E-state index is -0.393. The fourth-order valence-corrected chi connectivity index (χ4v) is 2.59. The van der Waals surface area contributed by atoms with Gasteiger partial charge in [-0.2, -0.15) is 0 Å². The van der Waals surface area contributed by atoms with Crippen molar-refractivity contribution < 1.29 is 4.92 Å². The molecule has 0 spiro atoms. The fraction of sp³-hybridized carbons (Fsp3) is 0.0667. The molecule has 6 heteroatoms. The molecule has 0 aliphatic carbocycles. The highest BCUT2D eigenvalue weighted by atomic mass is 35.5. The Kier molecular flexibility index (Phi) is 3.57. The maximum absolute atomic E-state index is 10.8. The van der Waals surface area contributed by atoms with Crippen molar-refractivity contribution in [3.8, 4) is 0 Å². The summed E-state index contributed by atoms with van der Waals surface area (Å²) >= 11 is 11.9. The monoisotopic (exact) mass is 320 g/mol. The predicted octanol–water partition coefficient (Wildman–Crippen LogP) is 4.90. The summed E-state index contributed by atoms with van der Waals surface area (Å²) in [4.78, 5) is 10.4. The van der Waals surface area contributed by atoms with Gasteiger partial charge in [0.05, 0.1) is 15.0 Å². The first-order chi connectivity index (χ1) is 10.0. The zero-order chi connectivity index (χ0) is 15.0. The van der Waals surface area contributed by atoms with E-state index >= 15 is 0 Å². The normalized spacial score (nSPS) is 11.0. The molecule has 4 nitrogen and oxygen atoms in total. The highest BCUT2D eigenvalue weighted by Gasteiger charge is 2.09. The van der Waals surface area contributed by atoms with E-state index in [-0.39, 0.29) is 5.69 Å². The van der Waals surface area contributed by atoms with Gasteiger partial charge in [-0.1, -0.05) is 29.3 Å². The fourth-order valence-electron chi connectivity index (χ4n) is 2.27. The van der Waals surface area contributed by atoms with Gasteiger partial charge in [0, 0.05) is 35.8 Å². The quantitative estimate of drug-likeness (QED) is 0.508. The van der Waals surface area contributed by atoms with E-state index in [1.54, 1.807) is 18.2 Å². The van der Waals surface area contributed by atoms with Crippen LogP contribution in [0.3, 0.4) is 0 Å². The summed E-state index contributed by atoms with van der Waals surface area (Å²) in [6, 6.07) is 12.2. The van der Waals surface area contributed by atoms with Crippen LogP contribution in [0.1, 0.15) is 5.56 Å². The lowest BCUT2D eigenvalue weighted by Gasteiger charge is -2.07. The lowest BCUT2D eigenvalue weighted by Crippen LogP contribution is -1.98. The van der Waals surface area contributed by atoms with Crippen molar-refractivity contribution >= 4 is 39.8 Å². The van der Waals surface area contributed by atoms with E-state index in [1.165, 1.54) is 6.07 Å². The predicted molar refractivity (Wildman–Crippen MR) is 84.2 cm³/mol. The number of aromatic nitrogens is 1. The number of fused-ring (bicyclic) bond motifs is 1. The standard InChI is InChI=1S/C15H10Cl2N2O2/c16-13-3-1-10(7-14(13)17)9-18-6-5-11-8-12(19(20)21)2-4-15(11)18/h1-8H,9H2. The third-order valence-electron chi connectivity index (χ3n) is 3.30. The number of nitrogens with zero attached hydrogens (tertiary/aromatic N) is 2. The molecule has 1 aromatic heterocycles. The van der Waals surface area contributed by atoms with Crippen LogP contribution in [0.2, 0.25) is 10.0 Å². The first kappa shape index (κ1) is 13.9. The Hall–Kier alpha value is -2.04. The van der Waals surface area contributed by atoms with Crippen molar-refractivity contribution in [3.63, 3.8) is 0 Å². The van der Waals surface area contributed by atoms with Crippen molar-refractivity contribution in [1.29, 1.82) is 0 Å². The first-order valence-corrected chi connectivity index (χ1v) is 6.97. The van der Waals surface area contributed by atoms with Gasteiger partial charge in [0.2, 0.25) is 0 Å². The van der Waals surface area contributed by atoms with Crippen LogP contribution < -0.4 is 0 Å². The maximum atomic E-state index is 10.8. The van der Waals surface area contributed by atoms with E-state index in [0.717, 1.165) is 16.5 Å². The van der Waals surface area contributed by atoms with Gasteiger partial charge in [0.25, 0.3) is 5.69 Å². The number of rotatable bonds is 3. The number of hydrogen-bond donors (Lipinski definition) is 0. The lowest BCUT2D eigenvalue weighted by molar-refractivity contribution is -0.384. The van der Waals surface area contributed by atoms with Gasteiger partial charge in [0.1, 0.15) is 0 Å². The Balaban J connectivity index is 1.97. The molecule has 0 amide bonds. The molecule has 0 aliphatic heterocycles. The van der Waals surface area contributed by atoms with Crippen LogP contribution in [0.4, 0.5) is 5.69 Å². The van der Waals surface area contributed by atoms with E-state index in [0.29, 0.717) is 16.6 Å². The lowest BCUT2D eigenvalue weighted by atomic mass is 10.2. The Morgan fingerprint density at radius 3 is 2.57 bits per heavy atom. The van der Waals surface area contributed by atoms with Crippen LogP contribution in [-0.4, -0.2) is 9.49 Å². The van der Waals surface area contributed by atoms with Crippen molar-refractivity contribution in [2.24, 2.45) is 0 Å². The number of benzene rings is 2. The van der Waals surface area contributed by atoms with Crippen molar-refractivity contribution in [1.82, 2.24) is 4.57 Å². The number of nitro benzene ring substituents is 1. The summed E-state index contributed by atoms with van der Waals surface area (Å²) in [5, 5.41) is 12.7. The third kappa shape index (κ3) is 2.73. The molecular weight excluding hydrogens is 311 g/mol. The highest BCUT2D eigenvalue weighted by Crippen LogP contribution is 2.25. The smallest absolute Gasteiger partial charge is 0.270 e. The highest BCUT2D eigenvalue weighted by molar-refractivity contribution is 6.42. The van der Waals surface area contributed by atoms with Crippen LogP contribution in [0.25, 0.3) is 10.9 Å². The molecule has 3 rings (SSSR count). The van der Waals surface area contributed by atoms with Crippen LogP contribution in [-0.2, 0) is 6.54 Å². The minimum absolute atomic E-state index is 0.0924. The van der Waals surface area contributed by atoms with Crippen molar-refractivity contribution in [2.75, 3.05) is 0 Å². The summed E-state index contributed by atoms with van der Waals surface area (Å²) in [6.07, 6.45) is 1.90. The van der Waals surface area contributed by atoms with Gasteiger partial charge in [-0.25, -0.2) is 0 Å². The molecule has 2 aromatic carbocycles. The summed E-state index contributed by atoms with van der Waals surface area (Å²) in [5.74, 6) is 0. The van der Waals surface area contributed by atoms with Crippen LogP contribution in [0, 0.1) is 10.1 Å². The molecule has 0 N–H and O–H groups in total. The molecule has 1 heterocycles. The number of hydrogen-bond acceptors (Lipinski definition) is 2. The second-order valence-corrected chi connectivity index (χ2v) is 5.51. The summed E-state index contributed by atoms with van der Waals surface area (Å²) in [5.41, 5.74) is 2.04. The molecule has 0 saturated heterocycles. The van der Waals surface area contributed by atoms with Crippen molar-refractivity contribution in [2.45, 2.75) is 6.54 Å². The van der Waals surface area contributed by atoms with Gasteiger partial charge in [-0.15, -0.1) is 0 Å². The first-order valence-electron chi connectivity index (χ1n) is 6.22. The molecular formula is C15H10Cl2N2O2. The van der Waals surface area contributed by atoms with E-state index in [1.807, 2.05) is 29.0 Å². The maximum Gasteiger partial charge on any atom is 0.270 e. The van der Waals surface area contributed by atoms with Gasteiger partial charge in [0.15, 0.2) is 0 Å². The van der Waals surface area contributed by atoms with Crippen LogP contribution in [0.5, 0.6) is 0 Å². The van der Waals surface area contributed by atoms with E-state index in [4.69, 9.17) is 23.2 Å². The number of halogens is 2. The summed E-state index contributed by atoms with van der Waals surface area (Å²) < 4.78 is 2.01.